The monoisotopic (exact) mass is 190 g/mol. The predicted octanol–water partition coefficient (Wildman–Crippen LogP) is 1.00. The van der Waals surface area contributed by atoms with Crippen LogP contribution in [0.1, 0.15) is 21.1 Å². The Morgan fingerprint density at radius 1 is 1.00 bits per heavy atom. The van der Waals surface area contributed by atoms with Crippen molar-refractivity contribution in [1.82, 2.24) is 12.3 Å². The molecule has 0 spiro atoms. The van der Waals surface area contributed by atoms with E-state index in [1.54, 1.807) is 0 Å². The molecule has 74 valence electrons. The number of hydrogen-bond acceptors (Lipinski definition) is 5. The lowest BCUT2D eigenvalue weighted by Gasteiger charge is -1.84. The molecular weight excluding hydrogens is 180 g/mol. The quantitative estimate of drug-likeness (QED) is 0.541. The molecule has 1 rings (SSSR count). The van der Waals surface area contributed by atoms with E-state index in [1.165, 1.54) is 0 Å². The minimum absolute atomic E-state index is 0. The SMILES string of the molecule is N.N.O=C(O)c1ccc(C(=O)O)o1. The lowest BCUT2D eigenvalue weighted by atomic mass is 10.4. The van der Waals surface area contributed by atoms with E-state index in [-0.39, 0.29) is 23.8 Å². The average molecular weight is 190 g/mol. The Morgan fingerprint density at radius 2 is 1.31 bits per heavy atom. The highest BCUT2D eigenvalue weighted by atomic mass is 16.4. The van der Waals surface area contributed by atoms with Gasteiger partial charge < -0.3 is 26.9 Å². The lowest BCUT2D eigenvalue weighted by Crippen LogP contribution is -1.94. The molecule has 13 heavy (non-hydrogen) atoms. The first-order chi connectivity index (χ1) is 5.11. The molecule has 0 atom stereocenters. The van der Waals surface area contributed by atoms with Crippen LogP contribution in [0.2, 0.25) is 0 Å². The van der Waals surface area contributed by atoms with Crippen LogP contribution in [-0.2, 0) is 0 Å². The maximum Gasteiger partial charge on any atom is 0.371 e. The molecule has 0 aromatic carbocycles. The largest absolute Gasteiger partial charge is 0.475 e. The maximum atomic E-state index is 10.2. The van der Waals surface area contributed by atoms with Gasteiger partial charge in [-0.25, -0.2) is 9.59 Å². The zero-order valence-corrected chi connectivity index (χ0v) is 6.69. The van der Waals surface area contributed by atoms with Gasteiger partial charge in [-0.1, -0.05) is 0 Å². The van der Waals surface area contributed by atoms with Gasteiger partial charge >= 0.3 is 11.9 Å². The van der Waals surface area contributed by atoms with Crippen molar-refractivity contribution >= 4 is 11.9 Å². The van der Waals surface area contributed by atoms with E-state index in [0.717, 1.165) is 12.1 Å². The Kier molecular flexibility index (Phi) is 5.17. The van der Waals surface area contributed by atoms with E-state index in [4.69, 9.17) is 10.2 Å². The van der Waals surface area contributed by atoms with Gasteiger partial charge in [0.2, 0.25) is 11.5 Å². The van der Waals surface area contributed by atoms with E-state index in [2.05, 4.69) is 4.42 Å². The van der Waals surface area contributed by atoms with Crippen molar-refractivity contribution in [2.75, 3.05) is 0 Å². The highest BCUT2D eigenvalue weighted by molar-refractivity contribution is 5.88. The fourth-order valence-corrected chi connectivity index (χ4v) is 0.568. The van der Waals surface area contributed by atoms with Crippen LogP contribution < -0.4 is 12.3 Å². The summed E-state index contributed by atoms with van der Waals surface area (Å²) in [5.41, 5.74) is 0. The van der Waals surface area contributed by atoms with Crippen LogP contribution >= 0.6 is 0 Å². The van der Waals surface area contributed by atoms with Crippen LogP contribution in [0, 0.1) is 0 Å². The smallest absolute Gasteiger partial charge is 0.371 e. The Hall–Kier alpha value is -1.86. The normalized spacial score (nSPS) is 8.00. The Morgan fingerprint density at radius 3 is 1.46 bits per heavy atom. The second kappa shape index (κ2) is 4.91. The molecule has 1 aromatic rings. The topological polar surface area (TPSA) is 158 Å². The summed E-state index contributed by atoms with van der Waals surface area (Å²) in [4.78, 5) is 20.3. The van der Waals surface area contributed by atoms with E-state index in [1.807, 2.05) is 0 Å². The fourth-order valence-electron chi connectivity index (χ4n) is 0.568. The van der Waals surface area contributed by atoms with Gasteiger partial charge in [-0.05, 0) is 12.1 Å². The van der Waals surface area contributed by atoms with E-state index >= 15 is 0 Å². The Balaban J connectivity index is 0. The van der Waals surface area contributed by atoms with Gasteiger partial charge in [-0.2, -0.15) is 0 Å². The lowest BCUT2D eigenvalue weighted by molar-refractivity contribution is 0.0632. The first-order valence-electron chi connectivity index (χ1n) is 2.67. The summed E-state index contributed by atoms with van der Waals surface area (Å²) in [6, 6.07) is 2.18. The van der Waals surface area contributed by atoms with Crippen LogP contribution in [-0.4, -0.2) is 22.2 Å². The number of carboxylic acids is 2. The van der Waals surface area contributed by atoms with Crippen molar-refractivity contribution in [3.8, 4) is 0 Å². The highest BCUT2D eigenvalue weighted by Crippen LogP contribution is 2.06. The first kappa shape index (κ1) is 13.7. The van der Waals surface area contributed by atoms with Gasteiger partial charge in [-0.15, -0.1) is 0 Å². The molecule has 0 bridgehead atoms. The standard InChI is InChI=1S/C6H4O5.2H3N/c7-5(8)3-1-2-4(11-3)6(9)10;;/h1-2H,(H,7,8)(H,9,10);2*1H3. The molecule has 8 N–H and O–H groups in total. The van der Waals surface area contributed by atoms with E-state index in [0.29, 0.717) is 0 Å². The van der Waals surface area contributed by atoms with Gasteiger partial charge in [-0.3, -0.25) is 0 Å². The minimum Gasteiger partial charge on any atom is -0.475 e. The first-order valence-corrected chi connectivity index (χ1v) is 2.67. The molecule has 1 heterocycles. The van der Waals surface area contributed by atoms with Crippen LogP contribution in [0.4, 0.5) is 0 Å². The van der Waals surface area contributed by atoms with Crippen LogP contribution in [0.5, 0.6) is 0 Å². The number of carbonyl (C=O) groups is 2. The van der Waals surface area contributed by atoms with Crippen molar-refractivity contribution in [2.24, 2.45) is 0 Å². The highest BCUT2D eigenvalue weighted by Gasteiger charge is 2.12. The Labute approximate surface area is 73.1 Å². The molecule has 0 saturated carbocycles. The van der Waals surface area contributed by atoms with E-state index < -0.39 is 11.9 Å². The molecule has 0 aliphatic carbocycles. The Bertz CT molecular complexity index is 277. The summed E-state index contributed by atoms with van der Waals surface area (Å²) in [5, 5.41) is 16.6. The maximum absolute atomic E-state index is 10.2. The van der Waals surface area contributed by atoms with Gasteiger partial charge in [0.1, 0.15) is 0 Å². The molecule has 0 amide bonds. The van der Waals surface area contributed by atoms with Crippen molar-refractivity contribution in [3.05, 3.63) is 23.7 Å². The molecule has 0 saturated heterocycles. The number of aromatic carboxylic acids is 2. The van der Waals surface area contributed by atoms with Gasteiger partial charge in [0, 0.05) is 0 Å². The zero-order valence-electron chi connectivity index (χ0n) is 6.69. The third-order valence-electron chi connectivity index (χ3n) is 1.03. The van der Waals surface area contributed by atoms with Crippen LogP contribution in [0.25, 0.3) is 0 Å². The number of carboxylic acid groups (broad SMARTS) is 2. The molecule has 0 aliphatic heterocycles. The van der Waals surface area contributed by atoms with Crippen molar-refractivity contribution < 1.29 is 24.2 Å². The van der Waals surface area contributed by atoms with Gasteiger partial charge in [0.25, 0.3) is 0 Å². The number of furan rings is 1. The third kappa shape index (κ3) is 2.93. The average Bonchev–Trinajstić information content (AvgIpc) is 2.33. The summed E-state index contributed by atoms with van der Waals surface area (Å²) in [6.07, 6.45) is 0. The molecule has 7 heteroatoms. The summed E-state index contributed by atoms with van der Waals surface area (Å²) in [7, 11) is 0. The van der Waals surface area contributed by atoms with E-state index in [9.17, 15) is 9.59 Å². The van der Waals surface area contributed by atoms with Crippen molar-refractivity contribution in [3.63, 3.8) is 0 Å². The molecule has 0 aliphatic rings. The second-order valence-electron chi connectivity index (χ2n) is 1.77. The molecule has 0 unspecified atom stereocenters. The molecule has 7 nitrogen and oxygen atoms in total. The zero-order chi connectivity index (χ0) is 8.43. The summed E-state index contributed by atoms with van der Waals surface area (Å²) >= 11 is 0. The molecule has 1 aromatic heterocycles. The summed E-state index contributed by atoms with van der Waals surface area (Å²) in [5.74, 6) is -3.31. The van der Waals surface area contributed by atoms with Gasteiger partial charge in [0.15, 0.2) is 0 Å². The van der Waals surface area contributed by atoms with Gasteiger partial charge in [0.05, 0.1) is 0 Å². The van der Waals surface area contributed by atoms with Crippen LogP contribution in [0.3, 0.4) is 0 Å². The third-order valence-corrected chi connectivity index (χ3v) is 1.03. The summed E-state index contributed by atoms with van der Waals surface area (Å²) < 4.78 is 4.41. The second-order valence-corrected chi connectivity index (χ2v) is 1.77. The molecule has 0 fully saturated rings. The fraction of sp³-hybridized carbons (Fsp3) is 0. The van der Waals surface area contributed by atoms with Crippen molar-refractivity contribution in [2.45, 2.75) is 0 Å². The summed E-state index contributed by atoms with van der Waals surface area (Å²) in [6.45, 7) is 0. The van der Waals surface area contributed by atoms with Crippen LogP contribution in [0.15, 0.2) is 16.5 Å². The predicted molar refractivity (Wildman–Crippen MR) is 42.7 cm³/mol. The van der Waals surface area contributed by atoms with Crippen molar-refractivity contribution in [1.29, 1.82) is 0 Å². The number of hydrogen-bond donors (Lipinski definition) is 4. The molecular formula is C6H10N2O5. The number of rotatable bonds is 2. The minimum atomic E-state index is -1.28. The molecule has 0 radical (unpaired) electrons.